The molecule has 0 amide bonds. The van der Waals surface area contributed by atoms with Crippen molar-refractivity contribution < 1.29 is 0 Å². The van der Waals surface area contributed by atoms with Crippen LogP contribution in [0.4, 0.5) is 0 Å². The van der Waals surface area contributed by atoms with Gasteiger partial charge in [0.1, 0.15) is 0 Å². The Morgan fingerprint density at radius 1 is 1.22 bits per heavy atom. The van der Waals surface area contributed by atoms with Gasteiger partial charge in [-0.3, -0.25) is 0 Å². The third-order valence-electron chi connectivity index (χ3n) is 5.02. The Morgan fingerprint density at radius 2 is 1.89 bits per heavy atom. The van der Waals surface area contributed by atoms with Crippen LogP contribution in [0.2, 0.25) is 0 Å². The highest BCUT2D eigenvalue weighted by Gasteiger charge is 2.32. The first kappa shape index (κ1) is 16.0. The van der Waals surface area contributed by atoms with E-state index in [1.54, 1.807) is 0 Å². The summed E-state index contributed by atoms with van der Waals surface area (Å²) in [5.41, 5.74) is 0. The van der Waals surface area contributed by atoms with Gasteiger partial charge in [0.15, 0.2) is 0 Å². The lowest BCUT2D eigenvalue weighted by Gasteiger charge is -2.44. The molecule has 1 aliphatic heterocycles. The average molecular weight is 254 g/mol. The van der Waals surface area contributed by atoms with E-state index in [9.17, 15) is 0 Å². The Labute approximate surface area is 115 Å². The molecule has 0 saturated carbocycles. The number of rotatable bonds is 6. The smallest absolute Gasteiger partial charge is 0.0120 e. The van der Waals surface area contributed by atoms with E-state index in [1.807, 2.05) is 0 Å². The van der Waals surface area contributed by atoms with Gasteiger partial charge in [0.2, 0.25) is 0 Å². The predicted octanol–water partition coefficient (Wildman–Crippen LogP) is 3.38. The molecule has 0 spiro atoms. The maximum atomic E-state index is 3.72. The second-order valence-corrected chi connectivity index (χ2v) is 6.67. The molecule has 0 radical (unpaired) electrons. The summed E-state index contributed by atoms with van der Waals surface area (Å²) in [4.78, 5) is 2.71. The largest absolute Gasteiger partial charge is 0.314 e. The van der Waals surface area contributed by atoms with Crippen molar-refractivity contribution in [3.05, 3.63) is 0 Å². The van der Waals surface area contributed by atoms with E-state index in [-0.39, 0.29) is 0 Å². The van der Waals surface area contributed by atoms with Crippen LogP contribution in [0, 0.1) is 17.8 Å². The highest BCUT2D eigenvalue weighted by Crippen LogP contribution is 2.25. The van der Waals surface area contributed by atoms with Gasteiger partial charge in [-0.25, -0.2) is 0 Å². The molecule has 2 nitrogen and oxygen atoms in total. The minimum Gasteiger partial charge on any atom is -0.314 e. The van der Waals surface area contributed by atoms with Crippen molar-refractivity contribution in [2.24, 2.45) is 17.8 Å². The van der Waals surface area contributed by atoms with Crippen LogP contribution < -0.4 is 5.32 Å². The van der Waals surface area contributed by atoms with E-state index in [0.29, 0.717) is 6.04 Å². The van der Waals surface area contributed by atoms with E-state index in [0.717, 1.165) is 23.8 Å². The molecule has 0 aromatic carbocycles. The monoisotopic (exact) mass is 254 g/mol. The molecule has 1 fully saturated rings. The normalized spacial score (nSPS) is 31.8. The van der Waals surface area contributed by atoms with Gasteiger partial charge in [-0.05, 0) is 50.6 Å². The van der Waals surface area contributed by atoms with Gasteiger partial charge in [0, 0.05) is 18.6 Å². The third-order valence-corrected chi connectivity index (χ3v) is 5.02. The zero-order chi connectivity index (χ0) is 13.7. The summed E-state index contributed by atoms with van der Waals surface area (Å²) < 4.78 is 0. The molecular weight excluding hydrogens is 220 g/mol. The fourth-order valence-corrected chi connectivity index (χ4v) is 2.90. The predicted molar refractivity (Wildman–Crippen MR) is 80.9 cm³/mol. The fourth-order valence-electron chi connectivity index (χ4n) is 2.90. The zero-order valence-corrected chi connectivity index (χ0v) is 13.4. The molecule has 0 aliphatic carbocycles. The van der Waals surface area contributed by atoms with Crippen molar-refractivity contribution in [2.75, 3.05) is 19.6 Å². The molecule has 1 aliphatic rings. The van der Waals surface area contributed by atoms with Gasteiger partial charge in [-0.2, -0.15) is 0 Å². The quantitative estimate of drug-likeness (QED) is 0.782. The van der Waals surface area contributed by atoms with E-state index < -0.39 is 0 Å². The summed E-state index contributed by atoms with van der Waals surface area (Å²) in [7, 11) is 0. The average Bonchev–Trinajstić information content (AvgIpc) is 2.34. The van der Waals surface area contributed by atoms with Gasteiger partial charge >= 0.3 is 0 Å². The second-order valence-electron chi connectivity index (χ2n) is 6.67. The van der Waals surface area contributed by atoms with Crippen molar-refractivity contribution in [2.45, 2.75) is 66.5 Å². The van der Waals surface area contributed by atoms with Crippen molar-refractivity contribution in [1.82, 2.24) is 10.2 Å². The molecule has 18 heavy (non-hydrogen) atoms. The number of piperidine rings is 1. The first-order valence-corrected chi connectivity index (χ1v) is 7.94. The molecule has 1 N–H and O–H groups in total. The van der Waals surface area contributed by atoms with Crippen LogP contribution >= 0.6 is 0 Å². The van der Waals surface area contributed by atoms with E-state index in [1.165, 1.54) is 32.5 Å². The molecule has 0 bridgehead atoms. The fraction of sp³-hybridized carbons (Fsp3) is 1.00. The van der Waals surface area contributed by atoms with Gasteiger partial charge in [-0.1, -0.05) is 34.6 Å². The molecule has 4 unspecified atom stereocenters. The zero-order valence-electron chi connectivity index (χ0n) is 13.4. The number of nitrogens with zero attached hydrogens (tertiary/aromatic N) is 1. The van der Waals surface area contributed by atoms with E-state index in [2.05, 4.69) is 51.8 Å². The molecular formula is C16H34N2. The standard InChI is InChI=1S/C16H34N2/c1-7-9-17-16-8-10-18(15(6)14(16)5)11-13(4)12(2)3/h12-17H,7-11H2,1-6H3. The maximum absolute atomic E-state index is 3.72. The van der Waals surface area contributed by atoms with Gasteiger partial charge < -0.3 is 10.2 Å². The highest BCUT2D eigenvalue weighted by molar-refractivity contribution is 4.89. The number of hydrogen-bond acceptors (Lipinski definition) is 2. The van der Waals surface area contributed by atoms with Gasteiger partial charge in [0.25, 0.3) is 0 Å². The van der Waals surface area contributed by atoms with E-state index in [4.69, 9.17) is 0 Å². The summed E-state index contributed by atoms with van der Waals surface area (Å²) in [6, 6.07) is 1.44. The first-order chi connectivity index (χ1) is 8.47. The number of likely N-dealkylation sites (tertiary alicyclic amines) is 1. The van der Waals surface area contributed by atoms with Crippen molar-refractivity contribution >= 4 is 0 Å². The Balaban J connectivity index is 2.47. The minimum absolute atomic E-state index is 0.717. The highest BCUT2D eigenvalue weighted by atomic mass is 15.2. The van der Waals surface area contributed by atoms with Crippen LogP contribution in [-0.4, -0.2) is 36.6 Å². The van der Waals surface area contributed by atoms with Crippen LogP contribution in [0.3, 0.4) is 0 Å². The van der Waals surface area contributed by atoms with Crippen molar-refractivity contribution in [1.29, 1.82) is 0 Å². The topological polar surface area (TPSA) is 15.3 Å². The number of nitrogens with one attached hydrogen (secondary N) is 1. The van der Waals surface area contributed by atoms with Crippen LogP contribution in [0.25, 0.3) is 0 Å². The maximum Gasteiger partial charge on any atom is 0.0120 e. The lowest BCUT2D eigenvalue weighted by atomic mass is 9.85. The summed E-state index contributed by atoms with van der Waals surface area (Å²) in [6.45, 7) is 17.9. The van der Waals surface area contributed by atoms with Crippen molar-refractivity contribution in [3.63, 3.8) is 0 Å². The molecule has 108 valence electrons. The molecule has 4 atom stereocenters. The third kappa shape index (κ3) is 4.24. The van der Waals surface area contributed by atoms with E-state index >= 15 is 0 Å². The summed E-state index contributed by atoms with van der Waals surface area (Å²) in [5, 5.41) is 3.72. The molecule has 2 heteroatoms. The van der Waals surface area contributed by atoms with Crippen molar-refractivity contribution in [3.8, 4) is 0 Å². The molecule has 0 aromatic rings. The Bertz CT molecular complexity index is 227. The Morgan fingerprint density at radius 3 is 2.44 bits per heavy atom. The minimum atomic E-state index is 0.717. The molecule has 1 rings (SSSR count). The number of hydrogen-bond donors (Lipinski definition) is 1. The van der Waals surface area contributed by atoms with Gasteiger partial charge in [0.05, 0.1) is 0 Å². The lowest BCUT2D eigenvalue weighted by Crippen LogP contribution is -2.54. The molecule has 1 heterocycles. The first-order valence-electron chi connectivity index (χ1n) is 7.94. The van der Waals surface area contributed by atoms with Crippen LogP contribution in [-0.2, 0) is 0 Å². The SMILES string of the molecule is CCCNC1CCN(CC(C)C(C)C)C(C)C1C. The Kier molecular flexibility index (Phi) is 6.65. The van der Waals surface area contributed by atoms with Crippen LogP contribution in [0.1, 0.15) is 54.4 Å². The van der Waals surface area contributed by atoms with Crippen LogP contribution in [0.5, 0.6) is 0 Å². The molecule has 1 saturated heterocycles. The molecule has 0 aromatic heterocycles. The second kappa shape index (κ2) is 7.49. The van der Waals surface area contributed by atoms with Gasteiger partial charge in [-0.15, -0.1) is 0 Å². The summed E-state index contributed by atoms with van der Waals surface area (Å²) in [5.74, 6) is 2.37. The lowest BCUT2D eigenvalue weighted by molar-refractivity contribution is 0.0660. The Hall–Kier alpha value is -0.0800. The summed E-state index contributed by atoms with van der Waals surface area (Å²) >= 11 is 0. The van der Waals surface area contributed by atoms with Crippen LogP contribution in [0.15, 0.2) is 0 Å². The summed E-state index contributed by atoms with van der Waals surface area (Å²) in [6.07, 6.45) is 2.56.